The van der Waals surface area contributed by atoms with E-state index in [-0.39, 0.29) is 17.9 Å². The summed E-state index contributed by atoms with van der Waals surface area (Å²) in [5, 5.41) is 11.8. The molecular weight excluding hydrogens is 314 g/mol. The third-order valence-electron chi connectivity index (χ3n) is 3.75. The normalized spacial score (nSPS) is 27.8. The zero-order valence-electron chi connectivity index (χ0n) is 9.91. The molecule has 4 rings (SSSR count). The van der Waals surface area contributed by atoms with E-state index in [2.05, 4.69) is 26.2 Å². The molecule has 7 heteroatoms. The van der Waals surface area contributed by atoms with E-state index in [0.717, 1.165) is 12.8 Å². The molecule has 0 radical (unpaired) electrons. The van der Waals surface area contributed by atoms with E-state index in [4.69, 9.17) is 5.11 Å². The summed E-state index contributed by atoms with van der Waals surface area (Å²) in [5.41, 5.74) is 0. The molecule has 1 saturated carbocycles. The number of nitrogens with zero attached hydrogens (tertiary/aromatic N) is 2. The first-order valence-corrected chi connectivity index (χ1v) is 6.80. The van der Waals surface area contributed by atoms with Crippen molar-refractivity contribution < 1.29 is 14.7 Å². The van der Waals surface area contributed by atoms with Crippen LogP contribution in [0, 0.1) is 5.92 Å². The maximum Gasteiger partial charge on any atom is 0.408 e. The number of rotatable bonds is 2. The molecule has 2 N–H and O–H groups in total. The van der Waals surface area contributed by atoms with Gasteiger partial charge in [0.25, 0.3) is 0 Å². The molecule has 6 nitrogen and oxygen atoms in total. The van der Waals surface area contributed by atoms with Gasteiger partial charge in [-0.3, -0.25) is 9.69 Å². The van der Waals surface area contributed by atoms with Crippen LogP contribution in [0.2, 0.25) is 0 Å². The predicted octanol–water partition coefficient (Wildman–Crippen LogP) is 1.92. The molecule has 3 fully saturated rings. The van der Waals surface area contributed by atoms with Crippen molar-refractivity contribution in [2.45, 2.75) is 24.9 Å². The lowest BCUT2D eigenvalue weighted by atomic mass is 9.83. The lowest BCUT2D eigenvalue weighted by Gasteiger charge is -2.23. The number of carboxylic acid groups (broad SMARTS) is 1. The van der Waals surface area contributed by atoms with E-state index in [9.17, 15) is 9.59 Å². The number of amides is 2. The fourth-order valence-corrected chi connectivity index (χ4v) is 3.21. The van der Waals surface area contributed by atoms with Crippen molar-refractivity contribution in [1.29, 1.82) is 0 Å². The molecule has 0 aromatic carbocycles. The number of aromatic nitrogens is 1. The Morgan fingerprint density at radius 3 is 2.79 bits per heavy atom. The van der Waals surface area contributed by atoms with Crippen LogP contribution in [0.1, 0.15) is 12.8 Å². The van der Waals surface area contributed by atoms with Crippen LogP contribution in [0.15, 0.2) is 22.8 Å². The topological polar surface area (TPSA) is 82.5 Å². The molecule has 2 amide bonds. The Labute approximate surface area is 117 Å². The monoisotopic (exact) mass is 325 g/mol. The van der Waals surface area contributed by atoms with Crippen molar-refractivity contribution >= 4 is 33.7 Å². The van der Waals surface area contributed by atoms with Gasteiger partial charge in [-0.25, -0.2) is 9.78 Å². The molecule has 2 aliphatic heterocycles. The second-order valence-corrected chi connectivity index (χ2v) is 5.67. The number of anilines is 1. The fourth-order valence-electron chi connectivity index (χ4n) is 2.86. The van der Waals surface area contributed by atoms with E-state index in [1.54, 1.807) is 18.2 Å². The Kier molecular flexibility index (Phi) is 2.93. The zero-order chi connectivity index (χ0) is 13.6. The maximum absolute atomic E-state index is 12.2. The average Bonchev–Trinajstić information content (AvgIpc) is 2.82. The van der Waals surface area contributed by atoms with Crippen LogP contribution in [0.4, 0.5) is 10.6 Å². The molecule has 3 heterocycles. The SMILES string of the molecule is O=C(Nc1cccc(Br)n1)C1C2CC(C2)N1C(=O)O. The summed E-state index contributed by atoms with van der Waals surface area (Å²) in [6, 6.07) is 4.62. The van der Waals surface area contributed by atoms with Gasteiger partial charge in [-0.15, -0.1) is 0 Å². The fraction of sp³-hybridized carbons (Fsp3) is 0.417. The van der Waals surface area contributed by atoms with Crippen molar-refractivity contribution in [2.75, 3.05) is 5.32 Å². The van der Waals surface area contributed by atoms with Crippen LogP contribution in [-0.4, -0.2) is 39.1 Å². The third kappa shape index (κ3) is 2.07. The summed E-state index contributed by atoms with van der Waals surface area (Å²) < 4.78 is 0.621. The molecule has 19 heavy (non-hydrogen) atoms. The van der Waals surface area contributed by atoms with Gasteiger partial charge in [-0.2, -0.15) is 0 Å². The van der Waals surface area contributed by atoms with Gasteiger partial charge in [-0.1, -0.05) is 6.07 Å². The highest BCUT2D eigenvalue weighted by Crippen LogP contribution is 2.46. The Balaban J connectivity index is 1.76. The largest absolute Gasteiger partial charge is 0.465 e. The first-order valence-electron chi connectivity index (χ1n) is 6.01. The minimum absolute atomic E-state index is 0.00807. The van der Waals surface area contributed by atoms with Crippen molar-refractivity contribution in [2.24, 2.45) is 5.92 Å². The third-order valence-corrected chi connectivity index (χ3v) is 4.19. The van der Waals surface area contributed by atoms with Gasteiger partial charge in [0, 0.05) is 6.04 Å². The Morgan fingerprint density at radius 2 is 2.16 bits per heavy atom. The molecule has 0 spiro atoms. The van der Waals surface area contributed by atoms with Gasteiger partial charge in [0.15, 0.2) is 0 Å². The van der Waals surface area contributed by atoms with Gasteiger partial charge >= 0.3 is 6.09 Å². The molecule has 3 aliphatic rings. The zero-order valence-corrected chi connectivity index (χ0v) is 11.5. The number of hydrogen-bond donors (Lipinski definition) is 2. The maximum atomic E-state index is 12.2. The highest BCUT2D eigenvalue weighted by Gasteiger charge is 2.55. The van der Waals surface area contributed by atoms with Gasteiger partial charge < -0.3 is 10.4 Å². The van der Waals surface area contributed by atoms with Crippen LogP contribution in [0.25, 0.3) is 0 Å². The molecule has 100 valence electrons. The summed E-state index contributed by atoms with van der Waals surface area (Å²) in [6.45, 7) is 0. The molecule has 1 atom stereocenters. The number of hydrogen-bond acceptors (Lipinski definition) is 3. The summed E-state index contributed by atoms with van der Waals surface area (Å²) in [6.07, 6.45) is 0.555. The van der Waals surface area contributed by atoms with Crippen LogP contribution in [-0.2, 0) is 4.79 Å². The number of halogens is 1. The quantitative estimate of drug-likeness (QED) is 0.814. The molecule has 2 bridgehead atoms. The molecule has 1 aromatic heterocycles. The first kappa shape index (κ1) is 12.4. The lowest BCUT2D eigenvalue weighted by Crippen LogP contribution is -2.43. The van der Waals surface area contributed by atoms with E-state index >= 15 is 0 Å². The van der Waals surface area contributed by atoms with Crippen molar-refractivity contribution in [3.63, 3.8) is 0 Å². The average molecular weight is 326 g/mol. The summed E-state index contributed by atoms with van der Waals surface area (Å²) in [7, 11) is 0. The van der Waals surface area contributed by atoms with Gasteiger partial charge in [0.2, 0.25) is 5.91 Å². The van der Waals surface area contributed by atoms with Crippen molar-refractivity contribution in [3.8, 4) is 0 Å². The van der Waals surface area contributed by atoms with Crippen molar-refractivity contribution in [3.05, 3.63) is 22.8 Å². The predicted molar refractivity (Wildman–Crippen MR) is 70.7 cm³/mol. The standard InChI is InChI=1S/C12H12BrN3O3/c13-8-2-1-3-9(14-8)15-11(17)10-6-4-7(5-6)16(10)12(18)19/h1-3,6-7,10H,4-5H2,(H,18,19)(H,14,15,17). The van der Waals surface area contributed by atoms with Crippen LogP contribution < -0.4 is 5.32 Å². The summed E-state index contributed by atoms with van der Waals surface area (Å²) in [4.78, 5) is 28.8. The number of carbonyl (C=O) groups excluding carboxylic acids is 1. The number of fused-ring (bicyclic) bond motifs is 1. The van der Waals surface area contributed by atoms with Gasteiger partial charge in [-0.05, 0) is 46.8 Å². The second-order valence-electron chi connectivity index (χ2n) is 4.85. The summed E-state index contributed by atoms with van der Waals surface area (Å²) >= 11 is 3.22. The highest BCUT2D eigenvalue weighted by atomic mass is 79.9. The van der Waals surface area contributed by atoms with E-state index < -0.39 is 12.1 Å². The minimum atomic E-state index is -1.02. The molecule has 1 unspecified atom stereocenters. The number of carbonyl (C=O) groups is 2. The Bertz CT molecular complexity index is 545. The van der Waals surface area contributed by atoms with E-state index in [1.165, 1.54) is 4.90 Å². The Hall–Kier alpha value is -1.63. The molecular formula is C12H12BrN3O3. The lowest BCUT2D eigenvalue weighted by molar-refractivity contribution is -0.120. The highest BCUT2D eigenvalue weighted by molar-refractivity contribution is 9.10. The first-order chi connectivity index (χ1) is 9.06. The molecule has 1 aromatic rings. The molecule has 1 aliphatic carbocycles. The minimum Gasteiger partial charge on any atom is -0.465 e. The number of nitrogens with one attached hydrogen (secondary N) is 1. The number of pyridine rings is 1. The second kappa shape index (κ2) is 4.48. The van der Waals surface area contributed by atoms with Crippen LogP contribution in [0.3, 0.4) is 0 Å². The Morgan fingerprint density at radius 1 is 1.42 bits per heavy atom. The van der Waals surface area contributed by atoms with E-state index in [0.29, 0.717) is 10.4 Å². The van der Waals surface area contributed by atoms with Gasteiger partial charge in [0.05, 0.1) is 0 Å². The van der Waals surface area contributed by atoms with Crippen LogP contribution in [0.5, 0.6) is 0 Å². The summed E-state index contributed by atoms with van der Waals surface area (Å²) in [5.74, 6) is 0.278. The van der Waals surface area contributed by atoms with Crippen LogP contribution >= 0.6 is 15.9 Å². The van der Waals surface area contributed by atoms with Gasteiger partial charge in [0.1, 0.15) is 16.5 Å². The van der Waals surface area contributed by atoms with Crippen molar-refractivity contribution in [1.82, 2.24) is 9.88 Å². The van der Waals surface area contributed by atoms with E-state index in [1.807, 2.05) is 0 Å². The molecule has 2 saturated heterocycles. The smallest absolute Gasteiger partial charge is 0.408 e.